The van der Waals surface area contributed by atoms with Gasteiger partial charge in [0.1, 0.15) is 0 Å². The Hall–Kier alpha value is -0.120. The maximum absolute atomic E-state index is 9.10. The molecule has 3 heteroatoms. The molecule has 1 N–H and O–H groups in total. The minimum atomic E-state index is 0.309. The smallest absolute Gasteiger partial charge is 0.0561 e. The molecule has 2 saturated heterocycles. The first-order chi connectivity index (χ1) is 6.27. The van der Waals surface area contributed by atoms with Crippen LogP contribution in [0.5, 0.6) is 0 Å². The van der Waals surface area contributed by atoms with Crippen LogP contribution in [0.4, 0.5) is 0 Å². The third-order valence-corrected chi connectivity index (χ3v) is 2.98. The zero-order valence-corrected chi connectivity index (χ0v) is 8.92. The highest BCUT2D eigenvalue weighted by atomic mass is 16.5. The van der Waals surface area contributed by atoms with Gasteiger partial charge in [-0.2, -0.15) is 0 Å². The highest BCUT2D eigenvalue weighted by Gasteiger charge is 2.50. The molecule has 2 rings (SSSR count). The van der Waals surface area contributed by atoms with Crippen LogP contribution in [0, 0.1) is 11.3 Å². The molecule has 0 aromatic heterocycles. The number of hydrogen-bond acceptors (Lipinski definition) is 3. The van der Waals surface area contributed by atoms with Gasteiger partial charge in [0.05, 0.1) is 13.2 Å². The minimum absolute atomic E-state index is 0.309. The number of aliphatic hydroxyl groups is 1. The predicted molar refractivity (Wildman–Crippen MR) is 52.7 cm³/mol. The van der Waals surface area contributed by atoms with Gasteiger partial charge in [0.25, 0.3) is 0 Å². The highest BCUT2D eigenvalue weighted by Crippen LogP contribution is 2.41. The normalized spacial score (nSPS) is 30.9. The number of hydrogen-bond donors (Lipinski definition) is 1. The Labute approximate surface area is 80.7 Å². The van der Waals surface area contributed by atoms with Gasteiger partial charge >= 0.3 is 0 Å². The first-order valence-electron chi connectivity index (χ1n) is 5.14. The summed E-state index contributed by atoms with van der Waals surface area (Å²) in [6.45, 7) is 8.14. The van der Waals surface area contributed by atoms with Crippen LogP contribution in [-0.2, 0) is 4.74 Å². The van der Waals surface area contributed by atoms with Gasteiger partial charge in [-0.05, 0) is 7.05 Å². The lowest BCUT2D eigenvalue weighted by Gasteiger charge is -2.41. The van der Waals surface area contributed by atoms with Crippen molar-refractivity contribution in [1.82, 2.24) is 4.90 Å². The van der Waals surface area contributed by atoms with Crippen LogP contribution < -0.4 is 0 Å². The molecular formula is C10H21NO2. The monoisotopic (exact) mass is 187 g/mol. The third kappa shape index (κ3) is 1.87. The fourth-order valence-corrected chi connectivity index (χ4v) is 2.24. The van der Waals surface area contributed by atoms with E-state index in [9.17, 15) is 0 Å². The molecule has 78 valence electrons. The lowest BCUT2D eigenvalue weighted by atomic mass is 9.77. The van der Waals surface area contributed by atoms with Crippen LogP contribution >= 0.6 is 0 Å². The Balaban J connectivity index is 0.000000396. The van der Waals surface area contributed by atoms with Crippen LogP contribution in [0.15, 0.2) is 0 Å². The molecule has 1 atom stereocenters. The fourth-order valence-electron chi connectivity index (χ4n) is 2.24. The van der Waals surface area contributed by atoms with Gasteiger partial charge in [-0.25, -0.2) is 0 Å². The molecule has 0 saturated carbocycles. The molecule has 0 radical (unpaired) electrons. The van der Waals surface area contributed by atoms with E-state index < -0.39 is 0 Å². The van der Waals surface area contributed by atoms with E-state index in [1.165, 1.54) is 0 Å². The summed E-state index contributed by atoms with van der Waals surface area (Å²) in [6.07, 6.45) is 0. The van der Waals surface area contributed by atoms with Gasteiger partial charge in [0, 0.05) is 31.0 Å². The molecule has 1 unspecified atom stereocenters. The second-order valence-electron chi connectivity index (χ2n) is 3.93. The molecule has 2 fully saturated rings. The molecule has 2 heterocycles. The van der Waals surface area contributed by atoms with E-state index in [2.05, 4.69) is 11.9 Å². The summed E-state index contributed by atoms with van der Waals surface area (Å²) < 4.78 is 5.20. The van der Waals surface area contributed by atoms with Crippen LogP contribution in [0.2, 0.25) is 0 Å². The van der Waals surface area contributed by atoms with E-state index in [1.54, 1.807) is 0 Å². The van der Waals surface area contributed by atoms with E-state index in [0.717, 1.165) is 26.3 Å². The van der Waals surface area contributed by atoms with Gasteiger partial charge in [-0.15, -0.1) is 0 Å². The van der Waals surface area contributed by atoms with Gasteiger partial charge in [0.2, 0.25) is 0 Å². The van der Waals surface area contributed by atoms with E-state index >= 15 is 0 Å². The summed E-state index contributed by atoms with van der Waals surface area (Å²) in [5, 5.41) is 9.10. The Morgan fingerprint density at radius 1 is 1.46 bits per heavy atom. The van der Waals surface area contributed by atoms with Crippen molar-refractivity contribution in [2.75, 3.05) is 40.0 Å². The zero-order valence-electron chi connectivity index (χ0n) is 8.92. The molecular weight excluding hydrogens is 166 g/mol. The fraction of sp³-hybridized carbons (Fsp3) is 1.00. The Morgan fingerprint density at radius 2 is 2.08 bits per heavy atom. The maximum Gasteiger partial charge on any atom is 0.0561 e. The first-order valence-corrected chi connectivity index (χ1v) is 5.14. The Bertz CT molecular complexity index is 157. The largest absolute Gasteiger partial charge is 0.396 e. The van der Waals surface area contributed by atoms with Crippen molar-refractivity contribution in [3.63, 3.8) is 0 Å². The lowest BCUT2D eigenvalue weighted by molar-refractivity contribution is -0.133. The van der Waals surface area contributed by atoms with Crippen LogP contribution in [-0.4, -0.2) is 50.0 Å². The maximum atomic E-state index is 9.10. The molecule has 0 aromatic rings. The van der Waals surface area contributed by atoms with Crippen molar-refractivity contribution in [3.8, 4) is 0 Å². The summed E-state index contributed by atoms with van der Waals surface area (Å²) in [4.78, 5) is 2.28. The summed E-state index contributed by atoms with van der Waals surface area (Å²) in [5.41, 5.74) is 0.309. The van der Waals surface area contributed by atoms with Gasteiger partial charge in [-0.3, -0.25) is 0 Å². The van der Waals surface area contributed by atoms with Gasteiger partial charge in [0.15, 0.2) is 0 Å². The van der Waals surface area contributed by atoms with Crippen molar-refractivity contribution in [2.24, 2.45) is 11.3 Å². The average molecular weight is 187 g/mol. The standard InChI is InChI=1S/C8H15NO2.C2H6/c1-9-2-7(3-10)8(4-9)5-11-6-8;1-2/h7,10H,2-6H2,1H3;1-2H3. The average Bonchev–Trinajstić information content (AvgIpc) is 2.45. The van der Waals surface area contributed by atoms with Gasteiger partial charge < -0.3 is 14.7 Å². The number of nitrogens with zero attached hydrogens (tertiary/aromatic N) is 1. The van der Waals surface area contributed by atoms with E-state index in [1.807, 2.05) is 13.8 Å². The van der Waals surface area contributed by atoms with E-state index in [-0.39, 0.29) is 0 Å². The zero-order chi connectivity index (χ0) is 9.90. The minimum Gasteiger partial charge on any atom is -0.396 e. The van der Waals surface area contributed by atoms with Gasteiger partial charge in [-0.1, -0.05) is 13.8 Å². The number of ether oxygens (including phenoxy) is 1. The number of likely N-dealkylation sites (tertiary alicyclic amines) is 1. The predicted octanol–water partition coefficient (Wildman–Crippen LogP) is 0.583. The number of aliphatic hydroxyl groups excluding tert-OH is 1. The molecule has 13 heavy (non-hydrogen) atoms. The second-order valence-corrected chi connectivity index (χ2v) is 3.93. The van der Waals surface area contributed by atoms with E-state index in [4.69, 9.17) is 9.84 Å². The number of rotatable bonds is 1. The SMILES string of the molecule is CC.CN1CC(CO)C2(COC2)C1. The second kappa shape index (κ2) is 4.40. The Kier molecular flexibility index (Phi) is 3.71. The van der Waals surface area contributed by atoms with Crippen LogP contribution in [0.3, 0.4) is 0 Å². The van der Waals surface area contributed by atoms with Crippen LogP contribution in [0.1, 0.15) is 13.8 Å². The first kappa shape index (κ1) is 11.0. The molecule has 1 spiro atoms. The molecule has 2 aliphatic rings. The summed E-state index contributed by atoms with van der Waals surface area (Å²) in [6, 6.07) is 0. The molecule has 0 aliphatic carbocycles. The van der Waals surface area contributed by atoms with Crippen molar-refractivity contribution in [2.45, 2.75) is 13.8 Å². The summed E-state index contributed by atoms with van der Waals surface area (Å²) >= 11 is 0. The van der Waals surface area contributed by atoms with E-state index in [0.29, 0.717) is 17.9 Å². The molecule has 2 aliphatic heterocycles. The molecule has 3 nitrogen and oxygen atoms in total. The molecule has 0 amide bonds. The van der Waals surface area contributed by atoms with Crippen LogP contribution in [0.25, 0.3) is 0 Å². The topological polar surface area (TPSA) is 32.7 Å². The van der Waals surface area contributed by atoms with Crippen molar-refractivity contribution < 1.29 is 9.84 Å². The molecule has 0 bridgehead atoms. The van der Waals surface area contributed by atoms with Crippen molar-refractivity contribution in [3.05, 3.63) is 0 Å². The lowest BCUT2D eigenvalue weighted by Crippen LogP contribution is -2.49. The Morgan fingerprint density at radius 3 is 2.38 bits per heavy atom. The highest BCUT2D eigenvalue weighted by molar-refractivity contribution is 4.99. The quantitative estimate of drug-likeness (QED) is 0.652. The van der Waals surface area contributed by atoms with Crippen molar-refractivity contribution >= 4 is 0 Å². The summed E-state index contributed by atoms with van der Waals surface area (Å²) in [7, 11) is 2.11. The summed E-state index contributed by atoms with van der Waals surface area (Å²) in [5.74, 6) is 0.446. The molecule has 0 aromatic carbocycles. The van der Waals surface area contributed by atoms with Crippen molar-refractivity contribution in [1.29, 1.82) is 0 Å². The third-order valence-electron chi connectivity index (χ3n) is 2.98.